The Morgan fingerprint density at radius 3 is 2.96 bits per heavy atom. The van der Waals surface area contributed by atoms with E-state index in [0.29, 0.717) is 11.4 Å². The van der Waals surface area contributed by atoms with Crippen molar-refractivity contribution in [3.8, 4) is 11.4 Å². The summed E-state index contributed by atoms with van der Waals surface area (Å²) in [6, 6.07) is 13.8. The Morgan fingerprint density at radius 1 is 1.21 bits per heavy atom. The second-order valence-corrected chi connectivity index (χ2v) is 7.28. The first-order valence-electron chi connectivity index (χ1n) is 9.57. The number of fused-ring (bicyclic) bond motifs is 1. The predicted molar refractivity (Wildman–Crippen MR) is 108 cm³/mol. The van der Waals surface area contributed by atoms with Crippen molar-refractivity contribution in [3.05, 3.63) is 71.8 Å². The molecule has 5 rings (SSSR count). The number of rotatable bonds is 3. The molecule has 6 heteroatoms. The van der Waals surface area contributed by atoms with E-state index in [9.17, 15) is 4.79 Å². The van der Waals surface area contributed by atoms with Crippen molar-refractivity contribution in [2.75, 3.05) is 6.54 Å². The Kier molecular flexibility index (Phi) is 3.97. The molecule has 2 N–H and O–H groups in total. The van der Waals surface area contributed by atoms with Gasteiger partial charge in [-0.2, -0.15) is 0 Å². The van der Waals surface area contributed by atoms with Gasteiger partial charge in [-0.3, -0.25) is 4.79 Å². The minimum absolute atomic E-state index is 0.0196. The number of nitrogens with one attached hydrogen (secondary N) is 2. The maximum Gasteiger partial charge on any atom is 0.255 e. The number of nitrogens with zero attached hydrogens (tertiary/aromatic N) is 3. The van der Waals surface area contributed by atoms with Crippen LogP contribution in [0.25, 0.3) is 22.4 Å². The van der Waals surface area contributed by atoms with Gasteiger partial charge in [0.15, 0.2) is 0 Å². The lowest BCUT2D eigenvalue weighted by atomic mass is 10.1. The Bertz CT molecular complexity index is 1140. The summed E-state index contributed by atoms with van der Waals surface area (Å²) in [7, 11) is 0. The summed E-state index contributed by atoms with van der Waals surface area (Å²) in [6.45, 7) is 2.79. The fourth-order valence-corrected chi connectivity index (χ4v) is 4.04. The molecule has 0 aliphatic carbocycles. The molecule has 3 heterocycles. The molecule has 6 nitrogen and oxygen atoms in total. The molecule has 1 atom stereocenters. The highest BCUT2D eigenvalue weighted by molar-refractivity contribution is 6.00. The van der Waals surface area contributed by atoms with Gasteiger partial charge in [-0.25, -0.2) is 9.97 Å². The summed E-state index contributed by atoms with van der Waals surface area (Å²) in [4.78, 5) is 31.0. The molecule has 0 spiro atoms. The van der Waals surface area contributed by atoms with Crippen molar-refractivity contribution >= 4 is 16.9 Å². The van der Waals surface area contributed by atoms with Crippen LogP contribution in [-0.2, 0) is 0 Å². The molecular formula is C22H21N5O. The van der Waals surface area contributed by atoms with Gasteiger partial charge in [-0.1, -0.05) is 24.3 Å². The zero-order valence-corrected chi connectivity index (χ0v) is 15.6. The predicted octanol–water partition coefficient (Wildman–Crippen LogP) is 4.24. The monoisotopic (exact) mass is 371 g/mol. The van der Waals surface area contributed by atoms with E-state index in [4.69, 9.17) is 4.98 Å². The summed E-state index contributed by atoms with van der Waals surface area (Å²) < 4.78 is 0. The maximum atomic E-state index is 13.5. The lowest BCUT2D eigenvalue weighted by Gasteiger charge is -2.24. The van der Waals surface area contributed by atoms with Crippen LogP contribution in [0.1, 0.15) is 40.6 Å². The van der Waals surface area contributed by atoms with E-state index >= 15 is 0 Å². The summed E-state index contributed by atoms with van der Waals surface area (Å²) in [5.74, 6) is 1.59. The first kappa shape index (κ1) is 16.7. The van der Waals surface area contributed by atoms with Gasteiger partial charge in [0, 0.05) is 24.5 Å². The molecule has 1 fully saturated rings. The van der Waals surface area contributed by atoms with Crippen LogP contribution >= 0.6 is 0 Å². The molecule has 140 valence electrons. The Hall–Kier alpha value is -3.41. The van der Waals surface area contributed by atoms with Crippen LogP contribution in [0, 0.1) is 6.92 Å². The lowest BCUT2D eigenvalue weighted by molar-refractivity contribution is 0.0731. The molecule has 28 heavy (non-hydrogen) atoms. The largest absolute Gasteiger partial charge is 0.345 e. The SMILES string of the molecule is Cc1ccc2nc(C3CCCN3C(=O)c3ccccc3-c3ncc[nH]3)[nH]c2c1. The number of amides is 1. The highest BCUT2D eigenvalue weighted by Gasteiger charge is 2.33. The van der Waals surface area contributed by atoms with Crippen molar-refractivity contribution in [1.82, 2.24) is 24.8 Å². The molecular weight excluding hydrogens is 350 g/mol. The van der Waals surface area contributed by atoms with Gasteiger partial charge in [-0.15, -0.1) is 0 Å². The van der Waals surface area contributed by atoms with Crippen LogP contribution in [0.5, 0.6) is 0 Å². The fraction of sp³-hybridized carbons (Fsp3) is 0.227. The lowest BCUT2D eigenvalue weighted by Crippen LogP contribution is -2.31. The van der Waals surface area contributed by atoms with Crippen LogP contribution in [0.15, 0.2) is 54.9 Å². The number of likely N-dealkylation sites (tertiary alicyclic amines) is 1. The van der Waals surface area contributed by atoms with Crippen LogP contribution in [0.2, 0.25) is 0 Å². The van der Waals surface area contributed by atoms with Gasteiger partial charge >= 0.3 is 0 Å². The summed E-state index contributed by atoms with van der Waals surface area (Å²) >= 11 is 0. The van der Waals surface area contributed by atoms with E-state index in [1.807, 2.05) is 35.2 Å². The number of hydrogen-bond acceptors (Lipinski definition) is 3. The van der Waals surface area contributed by atoms with Gasteiger partial charge in [0.1, 0.15) is 11.6 Å². The van der Waals surface area contributed by atoms with E-state index in [1.54, 1.807) is 12.4 Å². The number of aromatic nitrogens is 4. The fourth-order valence-electron chi connectivity index (χ4n) is 4.04. The number of imidazole rings is 2. The van der Waals surface area contributed by atoms with E-state index in [-0.39, 0.29) is 11.9 Å². The van der Waals surface area contributed by atoms with E-state index in [0.717, 1.165) is 41.8 Å². The quantitative estimate of drug-likeness (QED) is 0.565. The highest BCUT2D eigenvalue weighted by atomic mass is 16.2. The Labute approximate surface area is 162 Å². The minimum Gasteiger partial charge on any atom is -0.345 e. The molecule has 1 saturated heterocycles. The number of aromatic amines is 2. The average molecular weight is 371 g/mol. The molecule has 2 aromatic heterocycles. The number of aryl methyl sites for hydroxylation is 1. The molecule has 1 aliphatic heterocycles. The summed E-state index contributed by atoms with van der Waals surface area (Å²) in [6.07, 6.45) is 5.35. The molecule has 0 bridgehead atoms. The second kappa shape index (κ2) is 6.64. The number of benzene rings is 2. The highest BCUT2D eigenvalue weighted by Crippen LogP contribution is 2.34. The third-order valence-corrected chi connectivity index (χ3v) is 5.40. The van der Waals surface area contributed by atoms with Crippen molar-refractivity contribution < 1.29 is 4.79 Å². The standard InChI is InChI=1S/C22H21N5O/c1-14-8-9-17-18(13-14)26-21(25-17)19-7-4-12-27(19)22(28)16-6-3-2-5-15(16)20-23-10-11-24-20/h2-3,5-6,8-11,13,19H,4,7,12H2,1H3,(H,23,24)(H,25,26). The Balaban J connectivity index is 1.51. The van der Waals surface area contributed by atoms with E-state index in [1.165, 1.54) is 5.56 Å². The number of hydrogen-bond donors (Lipinski definition) is 2. The summed E-state index contributed by atoms with van der Waals surface area (Å²) in [5, 5.41) is 0. The van der Waals surface area contributed by atoms with Gasteiger partial charge in [0.25, 0.3) is 5.91 Å². The molecule has 1 unspecified atom stereocenters. The van der Waals surface area contributed by atoms with Gasteiger partial charge in [0.05, 0.1) is 22.6 Å². The molecule has 1 aliphatic rings. The second-order valence-electron chi connectivity index (χ2n) is 7.28. The average Bonchev–Trinajstić information content (AvgIpc) is 3.46. The van der Waals surface area contributed by atoms with Gasteiger partial charge in [-0.05, 0) is 43.5 Å². The van der Waals surface area contributed by atoms with Crippen LogP contribution < -0.4 is 0 Å². The number of carbonyl (C=O) groups excluding carboxylic acids is 1. The van der Waals surface area contributed by atoms with Crippen molar-refractivity contribution in [1.29, 1.82) is 0 Å². The van der Waals surface area contributed by atoms with E-state index in [2.05, 4.69) is 34.0 Å². The molecule has 0 saturated carbocycles. The molecule has 0 radical (unpaired) electrons. The third kappa shape index (κ3) is 2.78. The van der Waals surface area contributed by atoms with Crippen molar-refractivity contribution in [2.24, 2.45) is 0 Å². The summed E-state index contributed by atoms with van der Waals surface area (Å²) in [5.41, 5.74) is 4.63. The smallest absolute Gasteiger partial charge is 0.255 e. The van der Waals surface area contributed by atoms with Gasteiger partial charge in [0.2, 0.25) is 0 Å². The zero-order valence-electron chi connectivity index (χ0n) is 15.6. The normalized spacial score (nSPS) is 16.8. The van der Waals surface area contributed by atoms with Gasteiger partial charge < -0.3 is 14.9 Å². The first-order valence-corrected chi connectivity index (χ1v) is 9.57. The third-order valence-electron chi connectivity index (χ3n) is 5.40. The number of carbonyl (C=O) groups is 1. The van der Waals surface area contributed by atoms with Crippen LogP contribution in [0.4, 0.5) is 0 Å². The molecule has 2 aromatic carbocycles. The number of H-pyrrole nitrogens is 2. The molecule has 1 amide bonds. The molecule has 4 aromatic rings. The van der Waals surface area contributed by atoms with Crippen molar-refractivity contribution in [2.45, 2.75) is 25.8 Å². The zero-order chi connectivity index (χ0) is 19.1. The topological polar surface area (TPSA) is 77.7 Å². The van der Waals surface area contributed by atoms with E-state index < -0.39 is 0 Å². The Morgan fingerprint density at radius 2 is 2.11 bits per heavy atom. The maximum absolute atomic E-state index is 13.5. The van der Waals surface area contributed by atoms with Crippen molar-refractivity contribution in [3.63, 3.8) is 0 Å². The minimum atomic E-state index is -0.0372. The van der Waals surface area contributed by atoms with Crippen LogP contribution in [0.3, 0.4) is 0 Å². The van der Waals surface area contributed by atoms with Crippen LogP contribution in [-0.4, -0.2) is 37.3 Å². The first-order chi connectivity index (χ1) is 13.7.